The van der Waals surface area contributed by atoms with Gasteiger partial charge in [0, 0.05) is 39.4 Å². The minimum Gasteiger partial charge on any atom is -0.317 e. The molecule has 0 amide bonds. The highest BCUT2D eigenvalue weighted by atomic mass is 32.2. The van der Waals surface area contributed by atoms with Crippen molar-refractivity contribution in [1.29, 1.82) is 0 Å². The van der Waals surface area contributed by atoms with Crippen LogP contribution in [0.1, 0.15) is 0 Å². The lowest BCUT2D eigenvalue weighted by atomic mass is 10.1. The smallest absolute Gasteiger partial charge is 0.238 e. The molecule has 0 radical (unpaired) electrons. The highest BCUT2D eigenvalue weighted by molar-refractivity contribution is 7.89. The molecular formula is C17H16N2O3S2. The van der Waals surface area contributed by atoms with Crippen LogP contribution < -0.4 is 5.14 Å². The topological polar surface area (TPSA) is 82.2 Å². The summed E-state index contributed by atoms with van der Waals surface area (Å²) in [5, 5.41) is 5.33. The van der Waals surface area contributed by atoms with Crippen molar-refractivity contribution in [2.45, 2.75) is 9.79 Å². The Labute approximate surface area is 143 Å². The van der Waals surface area contributed by atoms with Gasteiger partial charge in [-0.05, 0) is 42.5 Å². The van der Waals surface area contributed by atoms with E-state index in [0.29, 0.717) is 11.3 Å². The maximum absolute atomic E-state index is 11.9. The van der Waals surface area contributed by atoms with Crippen molar-refractivity contribution in [3.8, 4) is 16.9 Å². The SMILES string of the molecule is CS(=O)c1ccc(-n2cccc2-c2ccccc2S(N)(=O)=O)cc1. The Kier molecular flexibility index (Phi) is 4.40. The maximum atomic E-state index is 11.9. The summed E-state index contributed by atoms with van der Waals surface area (Å²) in [4.78, 5) is 0.814. The number of hydrogen-bond acceptors (Lipinski definition) is 3. The fourth-order valence-electron chi connectivity index (χ4n) is 2.55. The summed E-state index contributed by atoms with van der Waals surface area (Å²) in [6, 6.07) is 17.6. The molecule has 0 spiro atoms. The van der Waals surface area contributed by atoms with E-state index in [2.05, 4.69) is 0 Å². The molecular weight excluding hydrogens is 344 g/mol. The minimum absolute atomic E-state index is 0.0798. The third-order valence-electron chi connectivity index (χ3n) is 3.67. The Morgan fingerprint density at radius 3 is 2.25 bits per heavy atom. The van der Waals surface area contributed by atoms with Crippen LogP contribution in [-0.2, 0) is 20.8 Å². The molecule has 0 aliphatic carbocycles. The zero-order chi connectivity index (χ0) is 17.3. The second-order valence-corrected chi connectivity index (χ2v) is 8.16. The van der Waals surface area contributed by atoms with Crippen LogP contribution in [0.5, 0.6) is 0 Å². The van der Waals surface area contributed by atoms with Crippen molar-refractivity contribution in [2.24, 2.45) is 5.14 Å². The fraction of sp³-hybridized carbons (Fsp3) is 0.0588. The van der Waals surface area contributed by atoms with Crippen LogP contribution in [-0.4, -0.2) is 23.4 Å². The number of nitrogens with zero attached hydrogens (tertiary/aromatic N) is 1. The number of primary sulfonamides is 1. The Bertz CT molecular complexity index is 1010. The lowest BCUT2D eigenvalue weighted by Crippen LogP contribution is -2.13. The molecule has 0 bridgehead atoms. The summed E-state index contributed by atoms with van der Waals surface area (Å²) in [6.07, 6.45) is 3.46. The summed E-state index contributed by atoms with van der Waals surface area (Å²) in [5.41, 5.74) is 2.09. The summed E-state index contributed by atoms with van der Waals surface area (Å²) in [6.45, 7) is 0. The first-order chi connectivity index (χ1) is 11.4. The number of aromatic nitrogens is 1. The van der Waals surface area contributed by atoms with Gasteiger partial charge in [-0.15, -0.1) is 0 Å². The summed E-state index contributed by atoms with van der Waals surface area (Å²) in [7, 11) is -4.88. The average molecular weight is 360 g/mol. The highest BCUT2D eigenvalue weighted by Gasteiger charge is 2.17. The Balaban J connectivity index is 2.14. The first-order valence-electron chi connectivity index (χ1n) is 7.11. The molecule has 124 valence electrons. The number of benzene rings is 2. The van der Waals surface area contributed by atoms with E-state index < -0.39 is 20.8 Å². The van der Waals surface area contributed by atoms with Crippen molar-refractivity contribution >= 4 is 20.8 Å². The Morgan fingerprint density at radius 2 is 1.62 bits per heavy atom. The van der Waals surface area contributed by atoms with Gasteiger partial charge in [-0.2, -0.15) is 0 Å². The zero-order valence-electron chi connectivity index (χ0n) is 12.9. The Hall–Kier alpha value is -2.22. The quantitative estimate of drug-likeness (QED) is 0.776. The van der Waals surface area contributed by atoms with Crippen LogP contribution in [0.4, 0.5) is 0 Å². The largest absolute Gasteiger partial charge is 0.317 e. The lowest BCUT2D eigenvalue weighted by Gasteiger charge is -2.12. The van der Waals surface area contributed by atoms with Gasteiger partial charge in [0.2, 0.25) is 10.0 Å². The van der Waals surface area contributed by atoms with Gasteiger partial charge >= 0.3 is 0 Å². The van der Waals surface area contributed by atoms with E-state index in [1.54, 1.807) is 36.6 Å². The van der Waals surface area contributed by atoms with E-state index in [1.807, 2.05) is 35.0 Å². The molecule has 0 aliphatic heterocycles. The number of rotatable bonds is 4. The second kappa shape index (κ2) is 6.35. The normalized spacial score (nSPS) is 12.9. The molecule has 0 saturated carbocycles. The van der Waals surface area contributed by atoms with Gasteiger partial charge in [0.25, 0.3) is 0 Å². The predicted octanol–water partition coefficient (Wildman–Crippen LogP) is 2.53. The number of sulfonamides is 1. The summed E-state index contributed by atoms with van der Waals surface area (Å²) < 4.78 is 37.1. The molecule has 7 heteroatoms. The van der Waals surface area contributed by atoms with Crippen molar-refractivity contribution in [3.63, 3.8) is 0 Å². The molecule has 1 unspecified atom stereocenters. The zero-order valence-corrected chi connectivity index (χ0v) is 14.5. The van der Waals surface area contributed by atoms with E-state index >= 15 is 0 Å². The molecule has 0 saturated heterocycles. The van der Waals surface area contributed by atoms with E-state index in [9.17, 15) is 12.6 Å². The highest BCUT2D eigenvalue weighted by Crippen LogP contribution is 2.29. The van der Waals surface area contributed by atoms with E-state index in [4.69, 9.17) is 5.14 Å². The van der Waals surface area contributed by atoms with Crippen molar-refractivity contribution < 1.29 is 12.6 Å². The predicted molar refractivity (Wildman–Crippen MR) is 94.9 cm³/mol. The van der Waals surface area contributed by atoms with E-state index in [0.717, 1.165) is 10.6 Å². The monoisotopic (exact) mass is 360 g/mol. The fourth-order valence-corrected chi connectivity index (χ4v) is 3.82. The van der Waals surface area contributed by atoms with Crippen LogP contribution in [0, 0.1) is 0 Å². The van der Waals surface area contributed by atoms with Crippen molar-refractivity contribution in [1.82, 2.24) is 4.57 Å². The van der Waals surface area contributed by atoms with Gasteiger partial charge in [-0.25, -0.2) is 13.6 Å². The van der Waals surface area contributed by atoms with Gasteiger partial charge in [0.15, 0.2) is 0 Å². The molecule has 2 aromatic carbocycles. The van der Waals surface area contributed by atoms with Crippen LogP contribution in [0.3, 0.4) is 0 Å². The molecule has 5 nitrogen and oxygen atoms in total. The molecule has 1 heterocycles. The van der Waals surface area contributed by atoms with Crippen molar-refractivity contribution in [3.05, 3.63) is 66.9 Å². The van der Waals surface area contributed by atoms with Crippen LogP contribution in [0.15, 0.2) is 76.7 Å². The third-order valence-corrected chi connectivity index (χ3v) is 5.57. The molecule has 0 aliphatic rings. The molecule has 3 rings (SSSR count). The van der Waals surface area contributed by atoms with Gasteiger partial charge in [0.05, 0.1) is 10.6 Å². The van der Waals surface area contributed by atoms with E-state index in [-0.39, 0.29) is 4.90 Å². The summed E-state index contributed by atoms with van der Waals surface area (Å²) >= 11 is 0. The Morgan fingerprint density at radius 1 is 0.958 bits per heavy atom. The summed E-state index contributed by atoms with van der Waals surface area (Å²) in [5.74, 6) is 0. The van der Waals surface area contributed by atoms with Crippen molar-refractivity contribution in [2.75, 3.05) is 6.26 Å². The minimum atomic E-state index is -3.83. The molecule has 3 aromatic rings. The van der Waals surface area contributed by atoms with E-state index in [1.165, 1.54) is 6.07 Å². The number of nitrogens with two attached hydrogens (primary N) is 1. The third kappa shape index (κ3) is 3.19. The van der Waals surface area contributed by atoms with Crippen LogP contribution in [0.25, 0.3) is 16.9 Å². The van der Waals surface area contributed by atoms with Crippen LogP contribution >= 0.6 is 0 Å². The van der Waals surface area contributed by atoms with Gasteiger partial charge in [-0.3, -0.25) is 4.21 Å². The maximum Gasteiger partial charge on any atom is 0.238 e. The molecule has 2 N–H and O–H groups in total. The first-order valence-corrected chi connectivity index (χ1v) is 10.2. The standard InChI is InChI=1S/C17H16N2O3S2/c1-23(20)14-10-8-13(9-11-14)19-12-4-6-16(19)15-5-2-3-7-17(15)24(18,21)22/h2-12H,1H3,(H2,18,21,22). The molecule has 24 heavy (non-hydrogen) atoms. The van der Waals surface area contributed by atoms with Gasteiger partial charge in [0.1, 0.15) is 0 Å². The second-order valence-electron chi connectivity index (χ2n) is 5.25. The molecule has 0 fully saturated rings. The van der Waals surface area contributed by atoms with Gasteiger partial charge < -0.3 is 4.57 Å². The average Bonchev–Trinajstić information content (AvgIpc) is 3.03. The first kappa shape index (κ1) is 16.6. The number of hydrogen-bond donors (Lipinski definition) is 1. The lowest BCUT2D eigenvalue weighted by molar-refractivity contribution is 0.598. The molecule has 1 aromatic heterocycles. The molecule has 1 atom stereocenters. The van der Waals surface area contributed by atoms with Crippen LogP contribution in [0.2, 0.25) is 0 Å². The van der Waals surface area contributed by atoms with Gasteiger partial charge in [-0.1, -0.05) is 18.2 Å².